The van der Waals surface area contributed by atoms with Crippen molar-refractivity contribution in [3.8, 4) is 0 Å². The molecule has 0 saturated carbocycles. The summed E-state index contributed by atoms with van der Waals surface area (Å²) in [5.74, 6) is 0.706. The number of nitrogens with one attached hydrogen (secondary N) is 1. The Kier molecular flexibility index (Phi) is 7.76. The molecule has 0 fully saturated rings. The van der Waals surface area contributed by atoms with E-state index in [-0.39, 0.29) is 0 Å². The molecule has 1 N–H and O–H groups in total. The topological polar surface area (TPSA) is 12.0 Å². The first-order valence-electron chi connectivity index (χ1n) is 6.40. The molecule has 0 saturated heterocycles. The van der Waals surface area contributed by atoms with Crippen LogP contribution in [0.25, 0.3) is 0 Å². The maximum Gasteiger partial charge on any atom is 0.00749 e. The van der Waals surface area contributed by atoms with Crippen LogP contribution in [0.4, 0.5) is 0 Å². The highest BCUT2D eigenvalue weighted by atomic mass is 14.9. The van der Waals surface area contributed by atoms with Gasteiger partial charge in [0, 0.05) is 12.1 Å². The minimum atomic E-state index is 0.597. The summed E-state index contributed by atoms with van der Waals surface area (Å²) in [5, 5.41) is 3.66. The monoisotopic (exact) mass is 211 g/mol. The van der Waals surface area contributed by atoms with Crippen LogP contribution in [0.2, 0.25) is 0 Å². The fourth-order valence-corrected chi connectivity index (χ4v) is 1.99. The zero-order chi connectivity index (χ0) is 11.8. The van der Waals surface area contributed by atoms with Crippen molar-refractivity contribution in [3.63, 3.8) is 0 Å². The fraction of sp³-hybridized carbons (Fsp3) is 0.857. The van der Waals surface area contributed by atoms with Crippen molar-refractivity contribution in [2.75, 3.05) is 0 Å². The molecule has 0 radical (unpaired) electrons. The minimum Gasteiger partial charge on any atom is -0.312 e. The number of allylic oxidation sites excluding steroid dienone is 2. The summed E-state index contributed by atoms with van der Waals surface area (Å²) in [7, 11) is 0. The smallest absolute Gasteiger partial charge is 0.00749 e. The molecule has 90 valence electrons. The van der Waals surface area contributed by atoms with Gasteiger partial charge in [0.05, 0.1) is 0 Å². The zero-order valence-electron chi connectivity index (χ0n) is 11.4. The molecule has 0 aromatic rings. The third-order valence-corrected chi connectivity index (χ3v) is 3.08. The molecule has 0 rings (SSSR count). The van der Waals surface area contributed by atoms with E-state index in [9.17, 15) is 0 Å². The van der Waals surface area contributed by atoms with E-state index in [1.165, 1.54) is 24.8 Å². The Bertz CT molecular complexity index is 182. The van der Waals surface area contributed by atoms with Gasteiger partial charge in [-0.05, 0) is 32.6 Å². The standard InChI is InChI=1S/C14H29N/c1-7-9-14(15-11(3)4)10-13(6)12(5)8-2/h8,11,13-15H,7,9-10H2,1-6H3/b12-8-/t13-,14?/m1/s1. The highest BCUT2D eigenvalue weighted by molar-refractivity contribution is 5.01. The first-order valence-corrected chi connectivity index (χ1v) is 6.40. The zero-order valence-corrected chi connectivity index (χ0v) is 11.4. The average Bonchev–Trinajstić information content (AvgIpc) is 2.15. The van der Waals surface area contributed by atoms with Crippen LogP contribution in [0.5, 0.6) is 0 Å². The first-order chi connectivity index (χ1) is 7.01. The van der Waals surface area contributed by atoms with E-state index in [4.69, 9.17) is 0 Å². The Morgan fingerprint density at radius 2 is 1.87 bits per heavy atom. The summed E-state index contributed by atoms with van der Waals surface area (Å²) < 4.78 is 0. The summed E-state index contributed by atoms with van der Waals surface area (Å²) in [5.41, 5.74) is 1.52. The molecule has 1 unspecified atom stereocenters. The van der Waals surface area contributed by atoms with E-state index < -0.39 is 0 Å². The number of hydrogen-bond donors (Lipinski definition) is 1. The lowest BCUT2D eigenvalue weighted by atomic mass is 9.92. The van der Waals surface area contributed by atoms with Crippen LogP contribution in [-0.4, -0.2) is 12.1 Å². The summed E-state index contributed by atoms with van der Waals surface area (Å²) >= 11 is 0. The Labute approximate surface area is 96.3 Å². The van der Waals surface area contributed by atoms with Crippen LogP contribution in [0.3, 0.4) is 0 Å². The molecule has 0 amide bonds. The Morgan fingerprint density at radius 1 is 1.27 bits per heavy atom. The van der Waals surface area contributed by atoms with Crippen molar-refractivity contribution >= 4 is 0 Å². The molecule has 2 atom stereocenters. The van der Waals surface area contributed by atoms with Crippen LogP contribution in [0.15, 0.2) is 11.6 Å². The molecular formula is C14H29N. The molecule has 1 heteroatoms. The van der Waals surface area contributed by atoms with Gasteiger partial charge in [0.1, 0.15) is 0 Å². The van der Waals surface area contributed by atoms with Gasteiger partial charge < -0.3 is 5.32 Å². The average molecular weight is 211 g/mol. The molecule has 0 aliphatic heterocycles. The molecule has 0 aromatic carbocycles. The van der Waals surface area contributed by atoms with E-state index in [1.807, 2.05) is 0 Å². The van der Waals surface area contributed by atoms with Crippen molar-refractivity contribution in [1.29, 1.82) is 0 Å². The summed E-state index contributed by atoms with van der Waals surface area (Å²) in [4.78, 5) is 0. The Morgan fingerprint density at radius 3 is 2.27 bits per heavy atom. The lowest BCUT2D eigenvalue weighted by Crippen LogP contribution is -2.36. The Hall–Kier alpha value is -0.300. The van der Waals surface area contributed by atoms with Crippen molar-refractivity contribution in [2.45, 2.75) is 72.9 Å². The van der Waals surface area contributed by atoms with Gasteiger partial charge in [0.2, 0.25) is 0 Å². The van der Waals surface area contributed by atoms with Crippen molar-refractivity contribution in [1.82, 2.24) is 5.32 Å². The normalized spacial score (nSPS) is 16.9. The molecule has 0 spiro atoms. The van der Waals surface area contributed by atoms with E-state index in [0.29, 0.717) is 18.0 Å². The highest BCUT2D eigenvalue weighted by Crippen LogP contribution is 2.18. The first kappa shape index (κ1) is 14.7. The van der Waals surface area contributed by atoms with Gasteiger partial charge >= 0.3 is 0 Å². The van der Waals surface area contributed by atoms with Crippen LogP contribution in [-0.2, 0) is 0 Å². The maximum absolute atomic E-state index is 3.66. The predicted molar refractivity (Wildman–Crippen MR) is 70.2 cm³/mol. The predicted octanol–water partition coefficient (Wildman–Crippen LogP) is 4.15. The van der Waals surface area contributed by atoms with Crippen molar-refractivity contribution in [3.05, 3.63) is 11.6 Å². The molecule has 0 heterocycles. The van der Waals surface area contributed by atoms with Gasteiger partial charge in [-0.2, -0.15) is 0 Å². The van der Waals surface area contributed by atoms with Crippen LogP contribution in [0.1, 0.15) is 60.8 Å². The summed E-state index contributed by atoms with van der Waals surface area (Å²) in [6, 6.07) is 1.28. The lowest BCUT2D eigenvalue weighted by Gasteiger charge is -2.24. The third kappa shape index (κ3) is 6.72. The quantitative estimate of drug-likeness (QED) is 0.624. The number of hydrogen-bond acceptors (Lipinski definition) is 1. The molecule has 0 aromatic heterocycles. The third-order valence-electron chi connectivity index (χ3n) is 3.08. The second kappa shape index (κ2) is 7.92. The fourth-order valence-electron chi connectivity index (χ4n) is 1.99. The van der Waals surface area contributed by atoms with Crippen LogP contribution < -0.4 is 5.32 Å². The van der Waals surface area contributed by atoms with E-state index in [1.54, 1.807) is 0 Å². The maximum atomic E-state index is 3.66. The summed E-state index contributed by atoms with van der Waals surface area (Å²) in [6.45, 7) is 13.4. The SMILES string of the molecule is C/C=C(/C)[C@H](C)CC(CCC)NC(C)C. The van der Waals surface area contributed by atoms with E-state index >= 15 is 0 Å². The molecule has 0 aliphatic carbocycles. The lowest BCUT2D eigenvalue weighted by molar-refractivity contribution is 0.378. The molecule has 15 heavy (non-hydrogen) atoms. The van der Waals surface area contributed by atoms with Gasteiger partial charge in [0.25, 0.3) is 0 Å². The van der Waals surface area contributed by atoms with Gasteiger partial charge in [-0.1, -0.05) is 45.8 Å². The second-order valence-corrected chi connectivity index (χ2v) is 4.98. The van der Waals surface area contributed by atoms with Gasteiger partial charge in [-0.3, -0.25) is 0 Å². The van der Waals surface area contributed by atoms with Crippen LogP contribution >= 0.6 is 0 Å². The van der Waals surface area contributed by atoms with Crippen LogP contribution in [0, 0.1) is 5.92 Å². The summed E-state index contributed by atoms with van der Waals surface area (Å²) in [6.07, 6.45) is 6.07. The van der Waals surface area contributed by atoms with Crippen molar-refractivity contribution < 1.29 is 0 Å². The van der Waals surface area contributed by atoms with Gasteiger partial charge in [-0.15, -0.1) is 0 Å². The van der Waals surface area contributed by atoms with Crippen molar-refractivity contribution in [2.24, 2.45) is 5.92 Å². The largest absolute Gasteiger partial charge is 0.312 e. The van der Waals surface area contributed by atoms with E-state index in [2.05, 4.69) is 52.9 Å². The van der Waals surface area contributed by atoms with E-state index in [0.717, 1.165) is 0 Å². The Balaban J connectivity index is 4.14. The molecule has 1 nitrogen and oxygen atoms in total. The van der Waals surface area contributed by atoms with Gasteiger partial charge in [0.15, 0.2) is 0 Å². The molecule has 0 bridgehead atoms. The molecule has 0 aliphatic rings. The second-order valence-electron chi connectivity index (χ2n) is 4.98. The number of rotatable bonds is 7. The minimum absolute atomic E-state index is 0.597. The molecular weight excluding hydrogens is 182 g/mol. The van der Waals surface area contributed by atoms with Gasteiger partial charge in [-0.25, -0.2) is 0 Å². The highest BCUT2D eigenvalue weighted by Gasteiger charge is 2.13.